The van der Waals surface area contributed by atoms with Gasteiger partial charge in [0, 0.05) is 9.75 Å². The summed E-state index contributed by atoms with van der Waals surface area (Å²) in [7, 11) is 1.35. The number of carbonyl (C=O) groups excluding carboxylic acids is 1. The molecule has 0 saturated heterocycles. The van der Waals surface area contributed by atoms with Crippen LogP contribution in [0.25, 0.3) is 0 Å². The number of halogens is 1. The lowest BCUT2D eigenvalue weighted by Gasteiger charge is -1.97. The van der Waals surface area contributed by atoms with E-state index in [2.05, 4.69) is 4.74 Å². The van der Waals surface area contributed by atoms with Gasteiger partial charge in [0.1, 0.15) is 0 Å². The highest BCUT2D eigenvalue weighted by molar-refractivity contribution is 7.12. The highest BCUT2D eigenvalue weighted by Gasteiger charge is 2.18. The molecule has 0 radical (unpaired) electrons. The maximum Gasteiger partial charge on any atom is 0.340 e. The normalized spacial score (nSPS) is 10.0. The highest BCUT2D eigenvalue weighted by Crippen LogP contribution is 2.31. The Kier molecular flexibility index (Phi) is 2.75. The number of rotatable bonds is 1. The number of ether oxygens (including phenoxy) is 1. The number of aryl methyl sites for hydroxylation is 2. The molecule has 0 aliphatic carbocycles. The van der Waals surface area contributed by atoms with Crippen molar-refractivity contribution >= 4 is 28.9 Å². The van der Waals surface area contributed by atoms with E-state index >= 15 is 0 Å². The van der Waals surface area contributed by atoms with Gasteiger partial charge in [-0.25, -0.2) is 4.79 Å². The molecule has 0 atom stereocenters. The van der Waals surface area contributed by atoms with Crippen LogP contribution in [0.15, 0.2) is 0 Å². The maximum atomic E-state index is 11.2. The minimum absolute atomic E-state index is 0.359. The summed E-state index contributed by atoms with van der Waals surface area (Å²) in [5, 5.41) is 0.518. The van der Waals surface area contributed by atoms with E-state index in [1.165, 1.54) is 18.4 Å². The second kappa shape index (κ2) is 3.46. The van der Waals surface area contributed by atoms with Gasteiger partial charge in [0.25, 0.3) is 0 Å². The van der Waals surface area contributed by atoms with Crippen molar-refractivity contribution in [2.24, 2.45) is 0 Å². The summed E-state index contributed by atoms with van der Waals surface area (Å²) in [5.74, 6) is -0.359. The van der Waals surface area contributed by atoms with Crippen LogP contribution in [-0.4, -0.2) is 13.1 Å². The predicted octanol–water partition coefficient (Wildman–Crippen LogP) is 2.80. The second-order valence-electron chi connectivity index (χ2n) is 2.39. The molecular weight excluding hydrogens is 196 g/mol. The number of hydrogen-bond acceptors (Lipinski definition) is 3. The van der Waals surface area contributed by atoms with E-state index in [4.69, 9.17) is 11.6 Å². The zero-order chi connectivity index (χ0) is 9.30. The van der Waals surface area contributed by atoms with Crippen molar-refractivity contribution in [3.8, 4) is 0 Å². The fraction of sp³-hybridized carbons (Fsp3) is 0.375. The van der Waals surface area contributed by atoms with Gasteiger partial charge in [-0.3, -0.25) is 0 Å². The van der Waals surface area contributed by atoms with E-state index in [-0.39, 0.29) is 5.97 Å². The molecule has 0 unspecified atom stereocenters. The van der Waals surface area contributed by atoms with Crippen LogP contribution in [0.3, 0.4) is 0 Å². The Morgan fingerprint density at radius 3 is 2.33 bits per heavy atom. The second-order valence-corrected chi connectivity index (χ2v) is 4.20. The van der Waals surface area contributed by atoms with Crippen molar-refractivity contribution in [1.29, 1.82) is 0 Å². The molecule has 1 heterocycles. The molecule has 0 spiro atoms. The van der Waals surface area contributed by atoms with Crippen LogP contribution in [0.4, 0.5) is 0 Å². The Morgan fingerprint density at radius 2 is 2.00 bits per heavy atom. The Morgan fingerprint density at radius 1 is 1.42 bits per heavy atom. The zero-order valence-electron chi connectivity index (χ0n) is 7.10. The molecule has 0 N–H and O–H groups in total. The number of thiophene rings is 1. The molecule has 1 rings (SSSR count). The quantitative estimate of drug-likeness (QED) is 0.658. The average molecular weight is 205 g/mol. The fourth-order valence-electron chi connectivity index (χ4n) is 0.991. The monoisotopic (exact) mass is 204 g/mol. The van der Waals surface area contributed by atoms with Crippen LogP contribution in [0.2, 0.25) is 5.02 Å². The third-order valence-corrected chi connectivity index (χ3v) is 3.18. The Balaban J connectivity index is 3.22. The minimum Gasteiger partial charge on any atom is -0.465 e. The van der Waals surface area contributed by atoms with Crippen LogP contribution in [0, 0.1) is 13.8 Å². The summed E-state index contributed by atoms with van der Waals surface area (Å²) in [4.78, 5) is 13.0. The molecule has 1 aromatic rings. The molecule has 0 aliphatic heterocycles. The number of hydrogen-bond donors (Lipinski definition) is 0. The minimum atomic E-state index is -0.359. The number of methoxy groups -OCH3 is 1. The molecule has 0 bridgehead atoms. The van der Waals surface area contributed by atoms with Gasteiger partial charge >= 0.3 is 5.97 Å². The molecule has 1 aromatic heterocycles. The highest BCUT2D eigenvalue weighted by atomic mass is 35.5. The van der Waals surface area contributed by atoms with Crippen molar-refractivity contribution in [1.82, 2.24) is 0 Å². The zero-order valence-corrected chi connectivity index (χ0v) is 8.68. The summed E-state index contributed by atoms with van der Waals surface area (Å²) in [6.07, 6.45) is 0. The van der Waals surface area contributed by atoms with Crippen molar-refractivity contribution < 1.29 is 9.53 Å². The molecule has 0 fully saturated rings. The van der Waals surface area contributed by atoms with Gasteiger partial charge in [0.2, 0.25) is 0 Å². The van der Waals surface area contributed by atoms with Crippen LogP contribution in [0.5, 0.6) is 0 Å². The third-order valence-electron chi connectivity index (χ3n) is 1.58. The molecule has 12 heavy (non-hydrogen) atoms. The van der Waals surface area contributed by atoms with Gasteiger partial charge in [-0.05, 0) is 13.8 Å². The lowest BCUT2D eigenvalue weighted by atomic mass is 10.2. The van der Waals surface area contributed by atoms with E-state index in [1.54, 1.807) is 0 Å². The first-order valence-corrected chi connectivity index (χ1v) is 4.61. The van der Waals surface area contributed by atoms with E-state index in [1.807, 2.05) is 13.8 Å². The largest absolute Gasteiger partial charge is 0.465 e. The molecule has 0 aromatic carbocycles. The summed E-state index contributed by atoms with van der Waals surface area (Å²) < 4.78 is 4.59. The van der Waals surface area contributed by atoms with E-state index in [0.717, 1.165) is 9.75 Å². The smallest absolute Gasteiger partial charge is 0.340 e. The Bertz CT molecular complexity index is 317. The molecule has 66 valence electrons. The molecule has 2 nitrogen and oxygen atoms in total. The first-order chi connectivity index (χ1) is 5.57. The van der Waals surface area contributed by atoms with Crippen LogP contribution in [0.1, 0.15) is 20.1 Å². The standard InChI is InChI=1S/C8H9ClO2S/c1-4-6(8(10)11-3)7(9)5(2)12-4/h1-3H3. The van der Waals surface area contributed by atoms with Crippen LogP contribution < -0.4 is 0 Å². The molecule has 0 saturated carbocycles. The van der Waals surface area contributed by atoms with Crippen molar-refractivity contribution in [3.63, 3.8) is 0 Å². The van der Waals surface area contributed by atoms with Gasteiger partial charge in [-0.1, -0.05) is 11.6 Å². The summed E-state index contributed by atoms with van der Waals surface area (Å²) in [5.41, 5.74) is 0.502. The fourth-order valence-corrected chi connectivity index (χ4v) is 2.32. The van der Waals surface area contributed by atoms with Crippen molar-refractivity contribution in [2.45, 2.75) is 13.8 Å². The topological polar surface area (TPSA) is 26.3 Å². The Hall–Kier alpha value is -0.540. The number of carbonyl (C=O) groups is 1. The van der Waals surface area contributed by atoms with Crippen molar-refractivity contribution in [3.05, 3.63) is 20.3 Å². The van der Waals surface area contributed by atoms with Gasteiger partial charge in [-0.15, -0.1) is 11.3 Å². The molecule has 0 aliphatic rings. The lowest BCUT2D eigenvalue weighted by Crippen LogP contribution is -2.01. The predicted molar refractivity (Wildman–Crippen MR) is 50.1 cm³/mol. The lowest BCUT2D eigenvalue weighted by molar-refractivity contribution is 0.0601. The number of esters is 1. The summed E-state index contributed by atoms with van der Waals surface area (Å²) in [6.45, 7) is 3.74. The molecule has 0 amide bonds. The Labute approximate surface area is 80.1 Å². The van der Waals surface area contributed by atoms with Crippen molar-refractivity contribution in [2.75, 3.05) is 7.11 Å². The molecular formula is C8H9ClO2S. The first-order valence-electron chi connectivity index (χ1n) is 3.41. The maximum absolute atomic E-state index is 11.2. The molecule has 4 heteroatoms. The van der Waals surface area contributed by atoms with Crippen LogP contribution >= 0.6 is 22.9 Å². The van der Waals surface area contributed by atoms with E-state index in [0.29, 0.717) is 10.6 Å². The van der Waals surface area contributed by atoms with Gasteiger partial charge in [0.15, 0.2) is 0 Å². The van der Waals surface area contributed by atoms with Gasteiger partial charge < -0.3 is 4.74 Å². The SMILES string of the molecule is COC(=O)c1c(C)sc(C)c1Cl. The average Bonchev–Trinajstić information content (AvgIpc) is 2.26. The summed E-state index contributed by atoms with van der Waals surface area (Å²) in [6, 6.07) is 0. The van der Waals surface area contributed by atoms with Gasteiger partial charge in [0.05, 0.1) is 17.7 Å². The third kappa shape index (κ3) is 1.47. The first kappa shape index (κ1) is 9.55. The van der Waals surface area contributed by atoms with Gasteiger partial charge in [-0.2, -0.15) is 0 Å². The van der Waals surface area contributed by atoms with E-state index in [9.17, 15) is 4.79 Å². The van der Waals surface area contributed by atoms with Crippen LogP contribution in [-0.2, 0) is 4.74 Å². The summed E-state index contributed by atoms with van der Waals surface area (Å²) >= 11 is 7.40. The van der Waals surface area contributed by atoms with E-state index < -0.39 is 0 Å².